The van der Waals surface area contributed by atoms with Gasteiger partial charge < -0.3 is 5.32 Å². The van der Waals surface area contributed by atoms with Crippen molar-refractivity contribution in [1.82, 2.24) is 20.1 Å². The van der Waals surface area contributed by atoms with Gasteiger partial charge in [-0.2, -0.15) is 5.10 Å². The van der Waals surface area contributed by atoms with Gasteiger partial charge in [-0.25, -0.2) is 4.98 Å². The Morgan fingerprint density at radius 3 is 3.23 bits per heavy atom. The molecule has 0 radical (unpaired) electrons. The van der Waals surface area contributed by atoms with Gasteiger partial charge in [0.25, 0.3) is 0 Å². The zero-order chi connectivity index (χ0) is 9.52. The molecule has 4 heteroatoms. The van der Waals surface area contributed by atoms with E-state index in [4.69, 9.17) is 6.42 Å². The highest BCUT2D eigenvalue weighted by atomic mass is 15.3. The maximum atomic E-state index is 5.14. The zero-order valence-electron chi connectivity index (χ0n) is 7.82. The molecule has 0 spiro atoms. The number of hydrogen-bond donors (Lipinski definition) is 1. The van der Waals surface area contributed by atoms with Crippen molar-refractivity contribution in [3.63, 3.8) is 0 Å². The summed E-state index contributed by atoms with van der Waals surface area (Å²) in [7, 11) is 0. The number of aromatic nitrogens is 3. The quantitative estimate of drug-likeness (QED) is 0.664. The second-order valence-electron chi connectivity index (χ2n) is 2.66. The van der Waals surface area contributed by atoms with Crippen LogP contribution in [0.25, 0.3) is 0 Å². The first-order valence-corrected chi connectivity index (χ1v) is 4.39. The Bertz CT molecular complexity index is 284. The minimum Gasteiger partial charge on any atom is -0.310 e. The minimum atomic E-state index is 0.698. The first-order chi connectivity index (χ1) is 6.36. The summed E-state index contributed by atoms with van der Waals surface area (Å²) in [5.74, 6) is 3.38. The molecule has 0 amide bonds. The van der Waals surface area contributed by atoms with Gasteiger partial charge in [0.1, 0.15) is 6.33 Å². The smallest absolute Gasteiger partial charge is 0.164 e. The van der Waals surface area contributed by atoms with Gasteiger partial charge in [0.15, 0.2) is 5.82 Å². The van der Waals surface area contributed by atoms with Crippen LogP contribution in [0.5, 0.6) is 0 Å². The number of aryl methyl sites for hydroxylation is 1. The standard InChI is InChI=1S/C9H14N4/c1-3-5-6-13-8-11-9(12-13)7-10-4-2/h1,8,10H,4-7H2,2H3. The SMILES string of the molecule is C#CCCn1cnc(CNCC)n1. The zero-order valence-corrected chi connectivity index (χ0v) is 7.82. The molecule has 1 heterocycles. The van der Waals surface area contributed by atoms with E-state index in [1.165, 1.54) is 0 Å². The van der Waals surface area contributed by atoms with E-state index in [9.17, 15) is 0 Å². The van der Waals surface area contributed by atoms with E-state index in [1.54, 1.807) is 11.0 Å². The summed E-state index contributed by atoms with van der Waals surface area (Å²) < 4.78 is 1.77. The summed E-state index contributed by atoms with van der Waals surface area (Å²) in [5, 5.41) is 7.39. The van der Waals surface area contributed by atoms with Gasteiger partial charge in [-0.05, 0) is 6.54 Å². The van der Waals surface area contributed by atoms with E-state index >= 15 is 0 Å². The molecule has 70 valence electrons. The van der Waals surface area contributed by atoms with Crippen molar-refractivity contribution in [3.8, 4) is 12.3 Å². The Hall–Kier alpha value is -1.34. The van der Waals surface area contributed by atoms with Gasteiger partial charge in [0.05, 0.1) is 13.1 Å². The molecule has 0 fully saturated rings. The van der Waals surface area contributed by atoms with Gasteiger partial charge in [-0.1, -0.05) is 6.92 Å². The van der Waals surface area contributed by atoms with Crippen LogP contribution in [0, 0.1) is 12.3 Å². The summed E-state index contributed by atoms with van der Waals surface area (Å²) in [6.07, 6.45) is 7.55. The molecule has 0 bridgehead atoms. The third kappa shape index (κ3) is 3.26. The predicted octanol–water partition coefficient (Wildman–Crippen LogP) is 0.411. The fourth-order valence-corrected chi connectivity index (χ4v) is 0.938. The lowest BCUT2D eigenvalue weighted by atomic mass is 10.4. The van der Waals surface area contributed by atoms with E-state index in [2.05, 4.69) is 28.2 Å². The molecule has 0 atom stereocenters. The number of rotatable bonds is 5. The van der Waals surface area contributed by atoms with E-state index in [0.29, 0.717) is 6.42 Å². The molecule has 0 saturated heterocycles. The number of nitrogens with one attached hydrogen (secondary N) is 1. The molecular formula is C9H14N4. The normalized spacial score (nSPS) is 9.85. The highest BCUT2D eigenvalue weighted by Crippen LogP contribution is 1.91. The fraction of sp³-hybridized carbons (Fsp3) is 0.556. The third-order valence-electron chi connectivity index (χ3n) is 1.60. The number of terminal acetylenes is 1. The Morgan fingerprint density at radius 1 is 1.69 bits per heavy atom. The summed E-state index contributed by atoms with van der Waals surface area (Å²) >= 11 is 0. The maximum Gasteiger partial charge on any atom is 0.164 e. The summed E-state index contributed by atoms with van der Waals surface area (Å²) in [6.45, 7) is 4.45. The minimum absolute atomic E-state index is 0.698. The summed E-state index contributed by atoms with van der Waals surface area (Å²) in [5.41, 5.74) is 0. The Morgan fingerprint density at radius 2 is 2.54 bits per heavy atom. The van der Waals surface area contributed by atoms with Crippen LogP contribution in [-0.2, 0) is 13.1 Å². The van der Waals surface area contributed by atoms with Crippen LogP contribution in [0.2, 0.25) is 0 Å². The van der Waals surface area contributed by atoms with Gasteiger partial charge in [-0.15, -0.1) is 12.3 Å². The van der Waals surface area contributed by atoms with E-state index in [1.807, 2.05) is 0 Å². The van der Waals surface area contributed by atoms with Gasteiger partial charge in [0, 0.05) is 6.42 Å². The van der Waals surface area contributed by atoms with Crippen LogP contribution >= 0.6 is 0 Å². The van der Waals surface area contributed by atoms with Gasteiger partial charge in [0.2, 0.25) is 0 Å². The molecule has 1 rings (SSSR count). The lowest BCUT2D eigenvalue weighted by Gasteiger charge is -1.95. The highest BCUT2D eigenvalue weighted by molar-refractivity contribution is 4.85. The molecule has 1 aromatic heterocycles. The van der Waals surface area contributed by atoms with E-state index in [0.717, 1.165) is 25.5 Å². The second kappa shape index (κ2) is 5.33. The van der Waals surface area contributed by atoms with Crippen molar-refractivity contribution in [2.75, 3.05) is 6.54 Å². The molecule has 4 nitrogen and oxygen atoms in total. The Labute approximate surface area is 78.4 Å². The number of nitrogens with zero attached hydrogens (tertiary/aromatic N) is 3. The molecule has 0 aliphatic rings. The van der Waals surface area contributed by atoms with Crippen molar-refractivity contribution in [1.29, 1.82) is 0 Å². The molecule has 0 aliphatic heterocycles. The average molecular weight is 178 g/mol. The first kappa shape index (κ1) is 9.75. The lowest BCUT2D eigenvalue weighted by molar-refractivity contribution is 0.606. The molecule has 1 N–H and O–H groups in total. The van der Waals surface area contributed by atoms with Crippen LogP contribution in [0.15, 0.2) is 6.33 Å². The average Bonchev–Trinajstić information content (AvgIpc) is 2.59. The van der Waals surface area contributed by atoms with Crippen molar-refractivity contribution in [2.45, 2.75) is 26.4 Å². The maximum absolute atomic E-state index is 5.14. The first-order valence-electron chi connectivity index (χ1n) is 4.39. The van der Waals surface area contributed by atoms with E-state index < -0.39 is 0 Å². The topological polar surface area (TPSA) is 42.7 Å². The molecule has 0 aromatic carbocycles. The molecule has 0 unspecified atom stereocenters. The van der Waals surface area contributed by atoms with Crippen LogP contribution in [0.1, 0.15) is 19.2 Å². The molecule has 13 heavy (non-hydrogen) atoms. The number of hydrogen-bond acceptors (Lipinski definition) is 3. The van der Waals surface area contributed by atoms with Crippen molar-refractivity contribution in [2.24, 2.45) is 0 Å². The van der Waals surface area contributed by atoms with Crippen molar-refractivity contribution < 1.29 is 0 Å². The second-order valence-corrected chi connectivity index (χ2v) is 2.66. The molecule has 0 aliphatic carbocycles. The molecular weight excluding hydrogens is 164 g/mol. The Kier molecular flexibility index (Phi) is 4.00. The lowest BCUT2D eigenvalue weighted by Crippen LogP contribution is -2.13. The van der Waals surface area contributed by atoms with Gasteiger partial charge >= 0.3 is 0 Å². The monoisotopic (exact) mass is 178 g/mol. The largest absolute Gasteiger partial charge is 0.310 e. The van der Waals surface area contributed by atoms with Gasteiger partial charge in [-0.3, -0.25) is 4.68 Å². The van der Waals surface area contributed by atoms with Crippen LogP contribution in [0.3, 0.4) is 0 Å². The van der Waals surface area contributed by atoms with Crippen molar-refractivity contribution >= 4 is 0 Å². The Balaban J connectivity index is 2.40. The summed E-state index contributed by atoms with van der Waals surface area (Å²) in [4.78, 5) is 4.13. The molecule has 1 aromatic rings. The predicted molar refractivity (Wildman–Crippen MR) is 50.9 cm³/mol. The van der Waals surface area contributed by atoms with Crippen molar-refractivity contribution in [3.05, 3.63) is 12.2 Å². The summed E-state index contributed by atoms with van der Waals surface area (Å²) in [6, 6.07) is 0. The van der Waals surface area contributed by atoms with E-state index in [-0.39, 0.29) is 0 Å². The highest BCUT2D eigenvalue weighted by Gasteiger charge is 1.98. The van der Waals surface area contributed by atoms with Crippen LogP contribution in [-0.4, -0.2) is 21.3 Å². The molecule has 0 saturated carbocycles. The van der Waals surface area contributed by atoms with Crippen LogP contribution in [0.4, 0.5) is 0 Å². The fourth-order valence-electron chi connectivity index (χ4n) is 0.938. The third-order valence-corrected chi connectivity index (χ3v) is 1.60. The van der Waals surface area contributed by atoms with Crippen LogP contribution < -0.4 is 5.32 Å².